The molecule has 0 bridgehead atoms. The molecule has 0 saturated heterocycles. The summed E-state index contributed by atoms with van der Waals surface area (Å²) in [5, 5.41) is 3.63. The average molecular weight is 477 g/mol. The monoisotopic (exact) mass is 476 g/mol. The molecule has 1 aromatic heterocycles. The number of para-hydroxylation sites is 1. The van der Waals surface area contributed by atoms with E-state index >= 15 is 0 Å². The minimum Gasteiger partial charge on any atom is -0.353 e. The number of benzene rings is 1. The molecule has 8 heteroatoms. The van der Waals surface area contributed by atoms with Crippen LogP contribution in [-0.2, 0) is 18.4 Å². The lowest BCUT2D eigenvalue weighted by Gasteiger charge is -2.35. The molecule has 3 amide bonds. The van der Waals surface area contributed by atoms with Crippen LogP contribution in [0.1, 0.15) is 50.6 Å². The first-order valence-electron chi connectivity index (χ1n) is 11.4. The molecule has 4 rings (SSSR count). The second kappa shape index (κ2) is 10.2. The van der Waals surface area contributed by atoms with Crippen molar-refractivity contribution in [3.05, 3.63) is 52.3 Å². The van der Waals surface area contributed by atoms with Crippen molar-refractivity contribution in [2.45, 2.75) is 63.6 Å². The predicted molar refractivity (Wildman–Crippen MR) is 128 cm³/mol. The van der Waals surface area contributed by atoms with E-state index < -0.39 is 0 Å². The highest BCUT2D eigenvalue weighted by Crippen LogP contribution is 2.32. The van der Waals surface area contributed by atoms with Gasteiger partial charge in [0.25, 0.3) is 0 Å². The van der Waals surface area contributed by atoms with Crippen molar-refractivity contribution < 1.29 is 9.59 Å². The minimum atomic E-state index is -0.324. The number of urea groups is 1. The predicted octanol–water partition coefficient (Wildman–Crippen LogP) is 5.69. The molecule has 2 fully saturated rings. The molecule has 1 heterocycles. The van der Waals surface area contributed by atoms with Gasteiger partial charge in [0.15, 0.2) is 0 Å². The number of aryl methyl sites for hydroxylation is 1. The normalized spacial score (nSPS) is 16.6. The molecule has 6 nitrogen and oxygen atoms in total. The zero-order valence-electron chi connectivity index (χ0n) is 18.4. The van der Waals surface area contributed by atoms with E-state index in [2.05, 4.69) is 5.32 Å². The number of carbonyl (C=O) groups excluding carboxylic acids is 2. The maximum atomic E-state index is 13.4. The number of hydrogen-bond donors (Lipinski definition) is 1. The number of rotatable bonds is 7. The molecule has 172 valence electrons. The number of halogens is 2. The van der Waals surface area contributed by atoms with Gasteiger partial charge in [0.1, 0.15) is 6.54 Å². The summed E-state index contributed by atoms with van der Waals surface area (Å²) in [5.74, 6) is -0.0142. The Morgan fingerprint density at radius 2 is 1.62 bits per heavy atom. The van der Waals surface area contributed by atoms with Crippen LogP contribution in [0.3, 0.4) is 0 Å². The van der Waals surface area contributed by atoms with E-state index in [4.69, 9.17) is 23.2 Å². The molecular weight excluding hydrogens is 447 g/mol. The lowest BCUT2D eigenvalue weighted by atomic mass is 9.94. The first kappa shape index (κ1) is 23.0. The number of hydrogen-bond acceptors (Lipinski definition) is 2. The SMILES string of the molecule is Cn1cccc1CN(C(=O)CN(C(=O)Nc1c(Cl)cccc1Cl)C1CCCCC1)C1CC1. The maximum absolute atomic E-state index is 13.4. The van der Waals surface area contributed by atoms with E-state index in [0.717, 1.165) is 50.6 Å². The topological polar surface area (TPSA) is 57.6 Å². The van der Waals surface area contributed by atoms with Gasteiger partial charge in [-0.1, -0.05) is 48.5 Å². The Kier molecular flexibility index (Phi) is 7.31. The number of nitrogens with one attached hydrogen (secondary N) is 1. The second-order valence-corrected chi connectivity index (χ2v) is 9.62. The van der Waals surface area contributed by atoms with Gasteiger partial charge in [0.2, 0.25) is 5.91 Å². The van der Waals surface area contributed by atoms with Crippen molar-refractivity contribution in [1.82, 2.24) is 14.4 Å². The number of anilines is 1. The van der Waals surface area contributed by atoms with Crippen molar-refractivity contribution in [3.8, 4) is 0 Å². The summed E-state index contributed by atoms with van der Waals surface area (Å²) in [7, 11) is 1.99. The Balaban J connectivity index is 1.52. The number of carbonyl (C=O) groups is 2. The van der Waals surface area contributed by atoms with Crippen LogP contribution in [0, 0.1) is 0 Å². The molecular formula is C24H30Cl2N4O2. The van der Waals surface area contributed by atoms with Crippen LogP contribution in [0.25, 0.3) is 0 Å². The van der Waals surface area contributed by atoms with Gasteiger partial charge >= 0.3 is 6.03 Å². The van der Waals surface area contributed by atoms with Crippen molar-refractivity contribution in [2.24, 2.45) is 7.05 Å². The van der Waals surface area contributed by atoms with E-state index in [1.54, 1.807) is 23.1 Å². The molecule has 0 radical (unpaired) electrons. The maximum Gasteiger partial charge on any atom is 0.322 e. The van der Waals surface area contributed by atoms with E-state index in [1.165, 1.54) is 0 Å². The van der Waals surface area contributed by atoms with Crippen molar-refractivity contribution in [2.75, 3.05) is 11.9 Å². The number of aromatic nitrogens is 1. The molecule has 1 N–H and O–H groups in total. The van der Waals surface area contributed by atoms with Gasteiger partial charge in [0.05, 0.1) is 22.3 Å². The van der Waals surface area contributed by atoms with E-state index in [9.17, 15) is 9.59 Å². The van der Waals surface area contributed by atoms with Crippen LogP contribution >= 0.6 is 23.2 Å². The standard InChI is InChI=1S/C24H30Cl2N4O2/c1-28-14-6-9-19(28)15-29(18-12-13-18)22(31)16-30(17-7-3-2-4-8-17)24(32)27-23-20(25)10-5-11-21(23)26/h5-6,9-11,14,17-18H,2-4,7-8,12-13,15-16H2,1H3,(H,27,32). The quantitative estimate of drug-likeness (QED) is 0.557. The Hall–Kier alpha value is -2.18. The summed E-state index contributed by atoms with van der Waals surface area (Å²) >= 11 is 12.5. The largest absolute Gasteiger partial charge is 0.353 e. The van der Waals surface area contributed by atoms with Crippen LogP contribution in [0.5, 0.6) is 0 Å². The van der Waals surface area contributed by atoms with Crippen molar-refractivity contribution >= 4 is 40.8 Å². The van der Waals surface area contributed by atoms with Gasteiger partial charge in [0, 0.05) is 31.0 Å². The zero-order chi connectivity index (χ0) is 22.7. The van der Waals surface area contributed by atoms with Gasteiger partial charge in [-0.3, -0.25) is 4.79 Å². The lowest BCUT2D eigenvalue weighted by molar-refractivity contribution is -0.133. The minimum absolute atomic E-state index is 0.0142. The smallest absolute Gasteiger partial charge is 0.322 e. The summed E-state index contributed by atoms with van der Waals surface area (Å²) in [4.78, 5) is 30.4. The highest BCUT2D eigenvalue weighted by Gasteiger charge is 2.36. The highest BCUT2D eigenvalue weighted by atomic mass is 35.5. The molecule has 2 aliphatic rings. The first-order valence-corrected chi connectivity index (χ1v) is 12.1. The Bertz CT molecular complexity index is 946. The van der Waals surface area contributed by atoms with Crippen LogP contribution in [0.15, 0.2) is 36.5 Å². The molecule has 0 unspecified atom stereocenters. The van der Waals surface area contributed by atoms with Crippen molar-refractivity contribution in [3.63, 3.8) is 0 Å². The molecule has 0 atom stereocenters. The van der Waals surface area contributed by atoms with Crippen molar-refractivity contribution in [1.29, 1.82) is 0 Å². The summed E-state index contributed by atoms with van der Waals surface area (Å²) in [6, 6.07) is 9.10. The van der Waals surface area contributed by atoms with E-state index in [1.807, 2.05) is 34.8 Å². The van der Waals surface area contributed by atoms with Crippen LogP contribution in [-0.4, -0.2) is 44.9 Å². The third kappa shape index (κ3) is 5.41. The third-order valence-corrected chi connectivity index (χ3v) is 7.10. The molecule has 0 spiro atoms. The fourth-order valence-corrected chi connectivity index (χ4v) is 4.93. The Morgan fingerprint density at radius 3 is 2.22 bits per heavy atom. The Labute approximate surface area is 199 Å². The van der Waals surface area contributed by atoms with Gasteiger partial charge in [-0.25, -0.2) is 4.79 Å². The Morgan fingerprint density at radius 1 is 0.969 bits per heavy atom. The molecule has 1 aromatic carbocycles. The molecule has 2 saturated carbocycles. The van der Waals surface area contributed by atoms with E-state index in [-0.39, 0.29) is 30.6 Å². The molecule has 32 heavy (non-hydrogen) atoms. The summed E-state index contributed by atoms with van der Waals surface area (Å²) < 4.78 is 2.04. The molecule has 2 aliphatic carbocycles. The van der Waals surface area contributed by atoms with Gasteiger partial charge < -0.3 is 19.7 Å². The average Bonchev–Trinajstić information content (AvgIpc) is 3.55. The number of amides is 3. The van der Waals surface area contributed by atoms with Crippen LogP contribution < -0.4 is 5.32 Å². The van der Waals surface area contributed by atoms with Crippen LogP contribution in [0.2, 0.25) is 10.0 Å². The summed E-state index contributed by atoms with van der Waals surface area (Å²) in [5.41, 5.74) is 1.47. The lowest BCUT2D eigenvalue weighted by Crippen LogP contribution is -2.50. The molecule has 2 aromatic rings. The van der Waals surface area contributed by atoms with E-state index in [0.29, 0.717) is 22.3 Å². The second-order valence-electron chi connectivity index (χ2n) is 8.81. The summed E-state index contributed by atoms with van der Waals surface area (Å²) in [6.45, 7) is 0.614. The highest BCUT2D eigenvalue weighted by molar-refractivity contribution is 6.39. The number of nitrogens with zero attached hydrogens (tertiary/aromatic N) is 3. The fourth-order valence-electron chi connectivity index (χ4n) is 4.43. The first-order chi connectivity index (χ1) is 15.4. The molecule has 0 aliphatic heterocycles. The fraction of sp³-hybridized carbons (Fsp3) is 0.500. The zero-order valence-corrected chi connectivity index (χ0v) is 19.9. The van der Waals surface area contributed by atoms with Crippen LogP contribution in [0.4, 0.5) is 10.5 Å². The third-order valence-electron chi connectivity index (χ3n) is 6.47. The van der Waals surface area contributed by atoms with Gasteiger partial charge in [-0.05, 0) is 49.9 Å². The van der Waals surface area contributed by atoms with Gasteiger partial charge in [-0.2, -0.15) is 0 Å². The summed E-state index contributed by atoms with van der Waals surface area (Å²) in [6.07, 6.45) is 9.10. The van der Waals surface area contributed by atoms with Gasteiger partial charge in [-0.15, -0.1) is 0 Å².